The summed E-state index contributed by atoms with van der Waals surface area (Å²) in [6.07, 6.45) is 4.97. The number of anilines is 2. The number of carbonyl (C=O) groups excluding carboxylic acids is 1. The molecule has 2 heterocycles. The van der Waals surface area contributed by atoms with E-state index in [1.54, 1.807) is 13.1 Å². The van der Waals surface area contributed by atoms with Crippen LogP contribution in [0.3, 0.4) is 0 Å². The fourth-order valence-electron chi connectivity index (χ4n) is 6.29. The van der Waals surface area contributed by atoms with E-state index in [0.717, 1.165) is 83.8 Å². The van der Waals surface area contributed by atoms with Crippen LogP contribution in [-0.2, 0) is 12.8 Å². The topological polar surface area (TPSA) is 93.4 Å². The highest BCUT2D eigenvalue weighted by Crippen LogP contribution is 2.54. The van der Waals surface area contributed by atoms with Crippen molar-refractivity contribution in [2.45, 2.75) is 44.6 Å². The SMILES string of the molecule is CNc1cc(F)cc2c1Cc1nc(Oc3ccc4c(c3)C(=O)CCC4)nc(N3CC[C@]4(C[C@@H]4N)C3)c1-2. The largest absolute Gasteiger partial charge is 0.424 e. The second kappa shape index (κ2) is 7.74. The summed E-state index contributed by atoms with van der Waals surface area (Å²) in [6, 6.07) is 9.23. The molecule has 7 rings (SSSR count). The molecule has 2 atom stereocenters. The first kappa shape index (κ1) is 21.7. The fraction of sp³-hybridized carbons (Fsp3) is 0.393. The zero-order valence-electron chi connectivity index (χ0n) is 20.2. The van der Waals surface area contributed by atoms with E-state index in [0.29, 0.717) is 18.6 Å². The van der Waals surface area contributed by atoms with E-state index in [1.165, 1.54) is 6.07 Å². The molecule has 1 spiro atoms. The summed E-state index contributed by atoms with van der Waals surface area (Å²) in [7, 11) is 1.80. The molecule has 3 aromatic rings. The monoisotopic (exact) mass is 485 g/mol. The van der Waals surface area contributed by atoms with Gasteiger partial charge in [-0.3, -0.25) is 4.79 Å². The van der Waals surface area contributed by atoms with E-state index in [1.807, 2.05) is 18.2 Å². The molecule has 1 aromatic heterocycles. The maximum atomic E-state index is 14.6. The smallest absolute Gasteiger partial charge is 0.324 e. The Balaban J connectivity index is 1.31. The molecule has 0 radical (unpaired) electrons. The molecule has 0 amide bonds. The highest BCUT2D eigenvalue weighted by atomic mass is 19.1. The van der Waals surface area contributed by atoms with Crippen molar-refractivity contribution in [3.8, 4) is 22.9 Å². The lowest BCUT2D eigenvalue weighted by Crippen LogP contribution is -2.24. The molecular weight excluding hydrogens is 457 g/mol. The van der Waals surface area contributed by atoms with Crippen LogP contribution in [0.1, 0.15) is 52.9 Å². The van der Waals surface area contributed by atoms with Crippen LogP contribution in [0.4, 0.5) is 15.9 Å². The highest BCUT2D eigenvalue weighted by Gasteiger charge is 2.56. The van der Waals surface area contributed by atoms with E-state index in [2.05, 4.69) is 10.2 Å². The van der Waals surface area contributed by atoms with Gasteiger partial charge >= 0.3 is 6.01 Å². The summed E-state index contributed by atoms with van der Waals surface area (Å²) in [5.74, 6) is 1.18. The number of aromatic nitrogens is 2. The van der Waals surface area contributed by atoms with E-state index in [4.69, 9.17) is 20.4 Å². The average molecular weight is 486 g/mol. The molecule has 1 aliphatic heterocycles. The Bertz CT molecular complexity index is 1440. The van der Waals surface area contributed by atoms with Crippen molar-refractivity contribution in [3.05, 3.63) is 58.5 Å². The summed E-state index contributed by atoms with van der Waals surface area (Å²) in [4.78, 5) is 24.4. The number of halogens is 1. The maximum Gasteiger partial charge on any atom is 0.324 e. The first-order chi connectivity index (χ1) is 17.4. The molecule has 8 heteroatoms. The molecular formula is C28H28FN5O2. The molecule has 2 aromatic carbocycles. The normalized spacial score (nSPS) is 23.5. The Kier molecular flexibility index (Phi) is 4.67. The maximum absolute atomic E-state index is 14.6. The van der Waals surface area contributed by atoms with Crippen LogP contribution in [0.5, 0.6) is 11.8 Å². The van der Waals surface area contributed by atoms with Gasteiger partial charge in [0.05, 0.1) is 5.69 Å². The van der Waals surface area contributed by atoms with Gasteiger partial charge in [-0.2, -0.15) is 9.97 Å². The number of Topliss-reactive ketones (excluding diaryl/α,β-unsaturated/α-hetero) is 1. The van der Waals surface area contributed by atoms with Crippen molar-refractivity contribution in [1.29, 1.82) is 0 Å². The van der Waals surface area contributed by atoms with E-state index >= 15 is 0 Å². The van der Waals surface area contributed by atoms with Crippen LogP contribution < -0.4 is 20.7 Å². The van der Waals surface area contributed by atoms with E-state index in [9.17, 15) is 9.18 Å². The Morgan fingerprint density at radius 2 is 2.06 bits per heavy atom. The number of ketones is 1. The quantitative estimate of drug-likeness (QED) is 0.441. The number of hydrogen-bond acceptors (Lipinski definition) is 7. The number of hydrogen-bond donors (Lipinski definition) is 2. The van der Waals surface area contributed by atoms with Crippen LogP contribution in [0.15, 0.2) is 30.3 Å². The van der Waals surface area contributed by atoms with Crippen molar-refractivity contribution < 1.29 is 13.9 Å². The van der Waals surface area contributed by atoms with Crippen molar-refractivity contribution >= 4 is 17.3 Å². The first-order valence-corrected chi connectivity index (χ1v) is 12.7. The number of ether oxygens (including phenoxy) is 1. The molecule has 0 bridgehead atoms. The van der Waals surface area contributed by atoms with Crippen LogP contribution in [-0.4, -0.2) is 41.9 Å². The number of fused-ring (bicyclic) bond motifs is 4. The number of nitrogens with two attached hydrogens (primary N) is 1. The third kappa shape index (κ3) is 3.31. The van der Waals surface area contributed by atoms with Crippen LogP contribution in [0.25, 0.3) is 11.1 Å². The van der Waals surface area contributed by atoms with Gasteiger partial charge in [-0.25, -0.2) is 4.39 Å². The van der Waals surface area contributed by atoms with Gasteiger partial charge in [-0.05, 0) is 66.6 Å². The van der Waals surface area contributed by atoms with Gasteiger partial charge in [0, 0.05) is 61.2 Å². The van der Waals surface area contributed by atoms with Gasteiger partial charge in [-0.15, -0.1) is 0 Å². The Morgan fingerprint density at radius 3 is 2.83 bits per heavy atom. The van der Waals surface area contributed by atoms with Gasteiger partial charge in [0.2, 0.25) is 0 Å². The van der Waals surface area contributed by atoms with Crippen molar-refractivity contribution in [2.75, 3.05) is 30.4 Å². The van der Waals surface area contributed by atoms with Gasteiger partial charge in [0.1, 0.15) is 17.4 Å². The number of aryl methyl sites for hydroxylation is 1. The zero-order valence-corrected chi connectivity index (χ0v) is 20.2. The molecule has 2 fully saturated rings. The summed E-state index contributed by atoms with van der Waals surface area (Å²) in [5, 5.41) is 3.13. The van der Waals surface area contributed by atoms with Crippen LogP contribution in [0.2, 0.25) is 0 Å². The van der Waals surface area contributed by atoms with Crippen LogP contribution in [0, 0.1) is 11.2 Å². The van der Waals surface area contributed by atoms with Crippen molar-refractivity contribution in [1.82, 2.24) is 9.97 Å². The van der Waals surface area contributed by atoms with Gasteiger partial charge < -0.3 is 20.7 Å². The molecule has 3 N–H and O–H groups in total. The van der Waals surface area contributed by atoms with Crippen molar-refractivity contribution in [2.24, 2.45) is 11.1 Å². The highest BCUT2D eigenvalue weighted by molar-refractivity contribution is 5.98. The molecule has 184 valence electrons. The Hall–Kier alpha value is -3.52. The van der Waals surface area contributed by atoms with E-state index in [-0.39, 0.29) is 29.1 Å². The fourth-order valence-corrected chi connectivity index (χ4v) is 6.29. The minimum atomic E-state index is -0.293. The summed E-state index contributed by atoms with van der Waals surface area (Å²) >= 11 is 0. The zero-order chi connectivity index (χ0) is 24.6. The second-order valence-corrected chi connectivity index (χ2v) is 10.6. The van der Waals surface area contributed by atoms with E-state index < -0.39 is 0 Å². The second-order valence-electron chi connectivity index (χ2n) is 10.6. The summed E-state index contributed by atoms with van der Waals surface area (Å²) in [6.45, 7) is 1.67. The standard InChI is InChI=1S/C28H28FN5O2/c1-31-21-10-16(29)9-20-19(21)12-22-25(20)26(34-8-7-28(14-34)13-24(28)30)33-27(32-22)36-17-6-5-15-3-2-4-23(35)18(15)11-17/h5-6,9-11,24,31H,2-4,7-8,12-14,30H2,1H3/t24-,28-/m0/s1. The minimum absolute atomic E-state index is 0.150. The number of nitrogens with one attached hydrogen (secondary N) is 1. The third-order valence-electron chi connectivity index (χ3n) is 8.42. The lowest BCUT2D eigenvalue weighted by atomic mass is 9.91. The number of nitrogens with zero attached hydrogens (tertiary/aromatic N) is 3. The lowest BCUT2D eigenvalue weighted by molar-refractivity contribution is 0.0972. The predicted molar refractivity (Wildman–Crippen MR) is 135 cm³/mol. The summed E-state index contributed by atoms with van der Waals surface area (Å²) < 4.78 is 20.7. The van der Waals surface area contributed by atoms with Crippen LogP contribution >= 0.6 is 0 Å². The Morgan fingerprint density at radius 1 is 1.19 bits per heavy atom. The molecule has 0 unspecified atom stereocenters. The molecule has 1 saturated carbocycles. The van der Waals surface area contributed by atoms with Crippen molar-refractivity contribution in [3.63, 3.8) is 0 Å². The van der Waals surface area contributed by atoms with Gasteiger partial charge in [0.15, 0.2) is 5.78 Å². The summed E-state index contributed by atoms with van der Waals surface area (Å²) in [5.41, 5.74) is 12.5. The minimum Gasteiger partial charge on any atom is -0.424 e. The number of rotatable bonds is 4. The molecule has 7 nitrogen and oxygen atoms in total. The van der Waals surface area contributed by atoms with Gasteiger partial charge in [0.25, 0.3) is 0 Å². The third-order valence-corrected chi connectivity index (χ3v) is 8.42. The molecule has 1 saturated heterocycles. The molecule has 3 aliphatic carbocycles. The molecule has 36 heavy (non-hydrogen) atoms. The molecule has 4 aliphatic rings. The Labute approximate surface area is 208 Å². The average Bonchev–Trinajstić information content (AvgIpc) is 3.17. The van der Waals surface area contributed by atoms with Gasteiger partial charge in [-0.1, -0.05) is 6.07 Å². The lowest BCUT2D eigenvalue weighted by Gasteiger charge is -2.22. The number of carbonyl (C=O) groups is 1. The first-order valence-electron chi connectivity index (χ1n) is 12.7. The number of benzene rings is 2. The predicted octanol–water partition coefficient (Wildman–Crippen LogP) is 4.47.